The van der Waals surface area contributed by atoms with E-state index in [-0.39, 0.29) is 6.10 Å². The molecule has 1 aromatic carbocycles. The van der Waals surface area contributed by atoms with E-state index in [2.05, 4.69) is 59.1 Å². The molecule has 2 fully saturated rings. The number of ether oxygens (including phenoxy) is 1. The Hall–Kier alpha value is -2.55. The molecule has 1 N–H and O–H groups in total. The fourth-order valence-corrected chi connectivity index (χ4v) is 4.59. The quantitative estimate of drug-likeness (QED) is 0.594. The van der Waals surface area contributed by atoms with Crippen molar-refractivity contribution in [2.45, 2.75) is 56.8 Å². The van der Waals surface area contributed by atoms with Crippen molar-refractivity contribution in [1.82, 2.24) is 9.88 Å². The molecule has 1 aliphatic heterocycles. The lowest BCUT2D eigenvalue weighted by atomic mass is 9.95. The van der Waals surface area contributed by atoms with Crippen LogP contribution in [0.4, 0.5) is 5.82 Å². The number of hydrogen-bond acceptors (Lipinski definition) is 5. The zero-order valence-electron chi connectivity index (χ0n) is 18.6. The lowest BCUT2D eigenvalue weighted by Gasteiger charge is -2.28. The van der Waals surface area contributed by atoms with Crippen LogP contribution in [0, 0.1) is 12.0 Å². The molecule has 0 bridgehead atoms. The second-order valence-electron chi connectivity index (χ2n) is 8.71. The van der Waals surface area contributed by atoms with E-state index < -0.39 is 6.10 Å². The topological polar surface area (TPSA) is 48.8 Å². The third-order valence-electron chi connectivity index (χ3n) is 6.53. The van der Waals surface area contributed by atoms with E-state index in [9.17, 15) is 5.11 Å². The number of methoxy groups -OCH3 is 1. The van der Waals surface area contributed by atoms with Gasteiger partial charge in [0.05, 0.1) is 11.8 Å². The van der Waals surface area contributed by atoms with E-state index in [0.29, 0.717) is 19.1 Å². The molecule has 4 rings (SSSR count). The Morgan fingerprint density at radius 2 is 1.87 bits per heavy atom. The molecular formula is C26H33N3O2. The van der Waals surface area contributed by atoms with Gasteiger partial charge in [0.2, 0.25) is 0 Å². The lowest BCUT2D eigenvalue weighted by Crippen LogP contribution is -2.29. The van der Waals surface area contributed by atoms with Crippen LogP contribution in [-0.2, 0) is 11.2 Å². The first-order chi connectivity index (χ1) is 15.1. The molecule has 1 aliphatic carbocycles. The van der Waals surface area contributed by atoms with Crippen molar-refractivity contribution in [2.75, 3.05) is 32.1 Å². The summed E-state index contributed by atoms with van der Waals surface area (Å²) in [6.45, 7) is 1.18. The number of β-amino-alcohol motifs (C(OH)–C–C–N with tert-alkyl or cyclic N) is 1. The fourth-order valence-electron chi connectivity index (χ4n) is 4.59. The standard InChI is InChI=1S/C26H33N3O2/c1-28(22-11-7-4-8-12-22)16-15-21-13-14-26(29-18-24(30)25(19-29)31-2)27-23(21)17-20-9-5-3-6-10-20/h3,5-6,9-10,13-14,22,24-25,30H,4,7-8,11-12,17-19H2,1-2H3/t24-,25-/m1/s1. The van der Waals surface area contributed by atoms with Crippen molar-refractivity contribution in [3.8, 4) is 12.0 Å². The van der Waals surface area contributed by atoms with Crippen LogP contribution in [0.2, 0.25) is 0 Å². The van der Waals surface area contributed by atoms with Crippen LogP contribution < -0.4 is 4.90 Å². The Morgan fingerprint density at radius 1 is 1.10 bits per heavy atom. The highest BCUT2D eigenvalue weighted by Crippen LogP contribution is 2.24. The third-order valence-corrected chi connectivity index (χ3v) is 6.53. The monoisotopic (exact) mass is 419 g/mol. The molecule has 0 unspecified atom stereocenters. The molecule has 1 aromatic heterocycles. The predicted octanol–water partition coefficient (Wildman–Crippen LogP) is 3.44. The van der Waals surface area contributed by atoms with E-state index in [4.69, 9.17) is 9.72 Å². The normalized spacial score (nSPS) is 21.6. The van der Waals surface area contributed by atoms with Gasteiger partial charge in [0, 0.05) is 51.3 Å². The van der Waals surface area contributed by atoms with Gasteiger partial charge in [-0.1, -0.05) is 49.6 Å². The minimum absolute atomic E-state index is 0.178. The fraction of sp³-hybridized carbons (Fsp3) is 0.500. The molecule has 2 atom stereocenters. The molecule has 2 aromatic rings. The lowest BCUT2D eigenvalue weighted by molar-refractivity contribution is 0.0217. The summed E-state index contributed by atoms with van der Waals surface area (Å²) in [6, 6.07) is 18.4. The summed E-state index contributed by atoms with van der Waals surface area (Å²) >= 11 is 0. The number of hydrogen-bond donors (Lipinski definition) is 1. The minimum atomic E-state index is -0.493. The maximum absolute atomic E-state index is 10.2. The highest BCUT2D eigenvalue weighted by Gasteiger charge is 2.32. The Morgan fingerprint density at radius 3 is 2.58 bits per heavy atom. The molecule has 31 heavy (non-hydrogen) atoms. The largest absolute Gasteiger partial charge is 0.388 e. The summed E-state index contributed by atoms with van der Waals surface area (Å²) in [5, 5.41) is 10.2. The summed E-state index contributed by atoms with van der Waals surface area (Å²) in [6.07, 6.45) is 6.48. The van der Waals surface area contributed by atoms with Crippen LogP contribution in [0.5, 0.6) is 0 Å². The second-order valence-corrected chi connectivity index (χ2v) is 8.71. The predicted molar refractivity (Wildman–Crippen MR) is 124 cm³/mol. The smallest absolute Gasteiger partial charge is 0.129 e. The van der Waals surface area contributed by atoms with Crippen LogP contribution in [0.3, 0.4) is 0 Å². The highest BCUT2D eigenvalue weighted by molar-refractivity contribution is 5.49. The molecule has 0 spiro atoms. The summed E-state index contributed by atoms with van der Waals surface area (Å²) < 4.78 is 5.40. The zero-order chi connectivity index (χ0) is 21.6. The SMILES string of the molecule is CO[C@@H]1CN(c2ccc(C#CN(C)C3CCCCC3)c(Cc3ccccc3)n2)C[C@H]1O. The summed E-state index contributed by atoms with van der Waals surface area (Å²) in [7, 11) is 3.76. The summed E-state index contributed by atoms with van der Waals surface area (Å²) in [5.41, 5.74) is 3.16. The van der Waals surface area contributed by atoms with Crippen molar-refractivity contribution >= 4 is 5.82 Å². The van der Waals surface area contributed by atoms with Gasteiger partial charge in [-0.15, -0.1) is 0 Å². The molecule has 1 saturated heterocycles. The van der Waals surface area contributed by atoms with Crippen molar-refractivity contribution < 1.29 is 9.84 Å². The minimum Gasteiger partial charge on any atom is -0.388 e. The van der Waals surface area contributed by atoms with Gasteiger partial charge in [0.25, 0.3) is 0 Å². The summed E-state index contributed by atoms with van der Waals surface area (Å²) in [5.74, 6) is 4.27. The van der Waals surface area contributed by atoms with Crippen LogP contribution in [0.1, 0.15) is 48.9 Å². The number of anilines is 1. The Labute approximate surface area is 186 Å². The molecule has 2 heterocycles. The first-order valence-electron chi connectivity index (χ1n) is 11.4. The van der Waals surface area contributed by atoms with Crippen LogP contribution in [-0.4, -0.2) is 60.5 Å². The van der Waals surface area contributed by atoms with E-state index in [0.717, 1.165) is 23.5 Å². The van der Waals surface area contributed by atoms with E-state index in [1.165, 1.54) is 37.7 Å². The van der Waals surface area contributed by atoms with Gasteiger partial charge < -0.3 is 19.6 Å². The van der Waals surface area contributed by atoms with Gasteiger partial charge in [0.1, 0.15) is 11.9 Å². The van der Waals surface area contributed by atoms with Crippen molar-refractivity contribution in [1.29, 1.82) is 0 Å². The first-order valence-corrected chi connectivity index (χ1v) is 11.4. The Balaban J connectivity index is 1.59. The number of aromatic nitrogens is 1. The van der Waals surface area contributed by atoms with Gasteiger partial charge in [-0.25, -0.2) is 4.98 Å². The van der Waals surface area contributed by atoms with E-state index in [1.807, 2.05) is 12.1 Å². The number of aliphatic hydroxyl groups excluding tert-OH is 1. The van der Waals surface area contributed by atoms with Crippen LogP contribution in [0.25, 0.3) is 0 Å². The number of pyridine rings is 1. The number of aliphatic hydroxyl groups is 1. The summed E-state index contributed by atoms with van der Waals surface area (Å²) in [4.78, 5) is 9.27. The molecule has 0 radical (unpaired) electrons. The number of rotatable bonds is 5. The number of nitrogens with zero attached hydrogens (tertiary/aromatic N) is 3. The third kappa shape index (κ3) is 5.39. The second kappa shape index (κ2) is 10.2. The van der Waals surface area contributed by atoms with Gasteiger partial charge in [-0.3, -0.25) is 0 Å². The van der Waals surface area contributed by atoms with Crippen molar-refractivity contribution in [3.05, 3.63) is 59.3 Å². The van der Waals surface area contributed by atoms with Crippen molar-refractivity contribution in [3.63, 3.8) is 0 Å². The van der Waals surface area contributed by atoms with E-state index >= 15 is 0 Å². The van der Waals surface area contributed by atoms with E-state index in [1.54, 1.807) is 7.11 Å². The molecule has 1 saturated carbocycles. The number of benzene rings is 1. The van der Waals surface area contributed by atoms with Gasteiger partial charge in [-0.05, 0) is 36.5 Å². The average Bonchev–Trinajstić information content (AvgIpc) is 3.20. The molecule has 5 heteroatoms. The molecule has 0 amide bonds. The highest BCUT2D eigenvalue weighted by atomic mass is 16.5. The molecule has 5 nitrogen and oxygen atoms in total. The van der Waals surface area contributed by atoms with Crippen LogP contribution >= 0.6 is 0 Å². The maximum atomic E-state index is 10.2. The average molecular weight is 420 g/mol. The van der Waals surface area contributed by atoms with Crippen LogP contribution in [0.15, 0.2) is 42.5 Å². The first kappa shape index (κ1) is 21.7. The zero-order valence-corrected chi connectivity index (χ0v) is 18.6. The Bertz CT molecular complexity index is 915. The molecular weight excluding hydrogens is 386 g/mol. The van der Waals surface area contributed by atoms with Crippen molar-refractivity contribution in [2.24, 2.45) is 0 Å². The molecule has 2 aliphatic rings. The molecule has 164 valence electrons. The Kier molecular flexibility index (Phi) is 7.11. The van der Waals surface area contributed by atoms with Gasteiger partial charge >= 0.3 is 0 Å². The van der Waals surface area contributed by atoms with Gasteiger partial charge in [-0.2, -0.15) is 0 Å². The maximum Gasteiger partial charge on any atom is 0.129 e. The van der Waals surface area contributed by atoms with Gasteiger partial charge in [0.15, 0.2) is 0 Å².